The van der Waals surface area contributed by atoms with E-state index < -0.39 is 0 Å². The molecule has 1 saturated heterocycles. The molecule has 0 aliphatic carbocycles. The van der Waals surface area contributed by atoms with E-state index in [2.05, 4.69) is 9.97 Å². The summed E-state index contributed by atoms with van der Waals surface area (Å²) in [5.41, 5.74) is 3.22. The van der Waals surface area contributed by atoms with Gasteiger partial charge in [-0.2, -0.15) is 0 Å². The Bertz CT molecular complexity index is 540. The Morgan fingerprint density at radius 1 is 1.16 bits per heavy atom. The first-order chi connectivity index (χ1) is 9.22. The molecular formula is C10H8Cl2N2O3S2. The van der Waals surface area contributed by atoms with Gasteiger partial charge < -0.3 is 9.47 Å². The summed E-state index contributed by atoms with van der Waals surface area (Å²) < 4.78 is 10.5. The smallest absolute Gasteiger partial charge is 0.196 e. The van der Waals surface area contributed by atoms with Crippen molar-refractivity contribution in [1.29, 1.82) is 0 Å². The van der Waals surface area contributed by atoms with Gasteiger partial charge in [-0.05, 0) is 0 Å². The van der Waals surface area contributed by atoms with Crippen molar-refractivity contribution < 1.29 is 14.3 Å². The molecule has 0 spiro atoms. The van der Waals surface area contributed by atoms with E-state index in [1.54, 1.807) is 5.51 Å². The predicted molar refractivity (Wildman–Crippen MR) is 74.3 cm³/mol. The Kier molecular flexibility index (Phi) is 5.68. The average Bonchev–Trinajstić information content (AvgIpc) is 3.10. The van der Waals surface area contributed by atoms with Crippen LogP contribution in [0.5, 0.6) is 0 Å². The van der Waals surface area contributed by atoms with E-state index in [9.17, 15) is 4.79 Å². The summed E-state index contributed by atoms with van der Waals surface area (Å²) >= 11 is 13.9. The van der Waals surface area contributed by atoms with E-state index in [4.69, 9.17) is 32.7 Å². The fraction of sp³-hybridized carbons (Fsp3) is 0.300. The normalized spacial score (nSPS) is 15.1. The van der Waals surface area contributed by atoms with Crippen LogP contribution >= 0.6 is 45.9 Å². The second-order valence-corrected chi connectivity index (χ2v) is 5.69. The van der Waals surface area contributed by atoms with Gasteiger partial charge >= 0.3 is 0 Å². The number of carbonyl (C=O) groups excluding carboxylic acids is 1. The molecule has 2 aromatic heterocycles. The maximum Gasteiger partial charge on any atom is 0.196 e. The van der Waals surface area contributed by atoms with Gasteiger partial charge in [0.2, 0.25) is 0 Å². The first kappa shape index (κ1) is 14.8. The summed E-state index contributed by atoms with van der Waals surface area (Å²) in [7, 11) is 0. The fourth-order valence-electron chi connectivity index (χ4n) is 1.22. The van der Waals surface area contributed by atoms with E-state index >= 15 is 0 Å². The number of hydrogen-bond donors (Lipinski definition) is 0. The lowest BCUT2D eigenvalue weighted by molar-refractivity contribution is -0.0413. The number of aromatic nitrogens is 2. The highest BCUT2D eigenvalue weighted by atomic mass is 35.5. The van der Waals surface area contributed by atoms with Crippen molar-refractivity contribution in [2.75, 3.05) is 13.2 Å². The molecule has 0 amide bonds. The molecule has 1 aliphatic rings. The highest BCUT2D eigenvalue weighted by Gasteiger charge is 2.22. The second-order valence-electron chi connectivity index (χ2n) is 3.21. The molecule has 9 heteroatoms. The van der Waals surface area contributed by atoms with Gasteiger partial charge in [0.05, 0.1) is 29.1 Å². The van der Waals surface area contributed by atoms with Crippen LogP contribution in [-0.2, 0) is 9.47 Å². The van der Waals surface area contributed by atoms with Crippen molar-refractivity contribution in [3.05, 3.63) is 31.1 Å². The van der Waals surface area contributed by atoms with Crippen LogP contribution in [0.15, 0.2) is 11.0 Å². The first-order valence-electron chi connectivity index (χ1n) is 5.08. The van der Waals surface area contributed by atoms with Crippen LogP contribution < -0.4 is 0 Å². The molecule has 0 bridgehead atoms. The van der Waals surface area contributed by atoms with Gasteiger partial charge in [0.1, 0.15) is 10.0 Å². The number of thiazole rings is 2. The second kappa shape index (κ2) is 7.28. The van der Waals surface area contributed by atoms with Gasteiger partial charge in [0.15, 0.2) is 17.7 Å². The average molecular weight is 339 g/mol. The van der Waals surface area contributed by atoms with E-state index in [-0.39, 0.29) is 6.29 Å². The minimum atomic E-state index is -0.282. The quantitative estimate of drug-likeness (QED) is 0.784. The molecule has 0 atom stereocenters. The summed E-state index contributed by atoms with van der Waals surface area (Å²) in [6, 6.07) is 0. The van der Waals surface area contributed by atoms with Crippen molar-refractivity contribution >= 4 is 52.2 Å². The number of rotatable bonds is 2. The highest BCUT2D eigenvalue weighted by molar-refractivity contribution is 7.12. The van der Waals surface area contributed by atoms with E-state index in [1.165, 1.54) is 28.2 Å². The van der Waals surface area contributed by atoms with E-state index in [1.807, 2.05) is 0 Å². The number of halogens is 2. The predicted octanol–water partition coefficient (Wildman–Crippen LogP) is 3.45. The molecule has 0 unspecified atom stereocenters. The molecule has 5 nitrogen and oxygen atoms in total. The number of ether oxygens (including phenoxy) is 2. The van der Waals surface area contributed by atoms with Gasteiger partial charge in [0, 0.05) is 0 Å². The lowest BCUT2D eigenvalue weighted by atomic mass is 10.5. The third-order valence-electron chi connectivity index (χ3n) is 2.04. The Labute approximate surface area is 127 Å². The van der Waals surface area contributed by atoms with Gasteiger partial charge in [-0.25, -0.2) is 9.97 Å². The molecule has 1 aliphatic heterocycles. The number of hydrogen-bond acceptors (Lipinski definition) is 7. The fourth-order valence-corrected chi connectivity index (χ4v) is 2.98. The van der Waals surface area contributed by atoms with Gasteiger partial charge in [-0.3, -0.25) is 4.79 Å². The van der Waals surface area contributed by atoms with Crippen LogP contribution in [0.4, 0.5) is 0 Å². The van der Waals surface area contributed by atoms with Crippen molar-refractivity contribution in [3.63, 3.8) is 0 Å². The molecule has 1 fully saturated rings. The molecule has 102 valence electrons. The summed E-state index contributed by atoms with van der Waals surface area (Å²) in [6.07, 6.45) is 0.412. The Hall–Kier alpha value is -0.570. The molecule has 0 N–H and O–H groups in total. The molecule has 0 aromatic carbocycles. The van der Waals surface area contributed by atoms with Gasteiger partial charge in [-0.15, -0.1) is 22.7 Å². The Morgan fingerprint density at radius 3 is 2.21 bits per heavy atom. The maximum atomic E-state index is 9.97. The van der Waals surface area contributed by atoms with E-state index in [0.717, 1.165) is 4.88 Å². The zero-order chi connectivity index (χ0) is 13.7. The summed E-state index contributed by atoms with van der Waals surface area (Å²) in [4.78, 5) is 18.9. The summed E-state index contributed by atoms with van der Waals surface area (Å²) in [5, 5.41) is 0.784. The van der Waals surface area contributed by atoms with Crippen LogP contribution in [-0.4, -0.2) is 29.5 Å². The van der Waals surface area contributed by atoms with Crippen LogP contribution in [0, 0.1) is 0 Å². The number of nitrogens with zero attached hydrogens (tertiary/aromatic N) is 2. The number of carbonyl (C=O) groups is 1. The summed E-state index contributed by atoms with van der Waals surface area (Å²) in [6.45, 7) is 1.28. The van der Waals surface area contributed by atoms with Crippen molar-refractivity contribution in [2.45, 2.75) is 6.29 Å². The zero-order valence-electron chi connectivity index (χ0n) is 9.42. The zero-order valence-corrected chi connectivity index (χ0v) is 12.6. The molecule has 19 heavy (non-hydrogen) atoms. The van der Waals surface area contributed by atoms with E-state index in [0.29, 0.717) is 34.7 Å². The van der Waals surface area contributed by atoms with Crippen molar-refractivity contribution in [2.24, 2.45) is 0 Å². The SMILES string of the molecule is Clc1ncsc1C1OCCO1.O=Cc1scnc1Cl. The Morgan fingerprint density at radius 2 is 1.79 bits per heavy atom. The van der Waals surface area contributed by atoms with Crippen molar-refractivity contribution in [1.82, 2.24) is 9.97 Å². The van der Waals surface area contributed by atoms with Gasteiger partial charge in [0.25, 0.3) is 0 Å². The minimum absolute atomic E-state index is 0.282. The van der Waals surface area contributed by atoms with Crippen LogP contribution in [0.1, 0.15) is 20.8 Å². The Balaban J connectivity index is 0.000000148. The third-order valence-corrected chi connectivity index (χ3v) is 4.47. The molecule has 2 aromatic rings. The number of aldehydes is 1. The largest absolute Gasteiger partial charge is 0.345 e. The van der Waals surface area contributed by atoms with Crippen LogP contribution in [0.2, 0.25) is 10.3 Å². The lowest BCUT2D eigenvalue weighted by Gasteiger charge is -2.04. The topological polar surface area (TPSA) is 61.3 Å². The minimum Gasteiger partial charge on any atom is -0.345 e. The monoisotopic (exact) mass is 338 g/mol. The standard InChI is InChI=1S/C6H6ClNO2S.C4H2ClNOS/c7-5-4(11-3-8-5)6-9-1-2-10-6;5-4-3(1-7)8-2-6-4/h3,6H,1-2H2;1-2H. The summed E-state index contributed by atoms with van der Waals surface area (Å²) in [5.74, 6) is 0. The van der Waals surface area contributed by atoms with Crippen LogP contribution in [0.3, 0.4) is 0 Å². The molecule has 3 heterocycles. The lowest BCUT2D eigenvalue weighted by Crippen LogP contribution is -1.94. The van der Waals surface area contributed by atoms with Gasteiger partial charge in [-0.1, -0.05) is 23.2 Å². The molecule has 0 radical (unpaired) electrons. The maximum absolute atomic E-state index is 9.97. The molecular weight excluding hydrogens is 331 g/mol. The highest BCUT2D eigenvalue weighted by Crippen LogP contribution is 2.31. The van der Waals surface area contributed by atoms with Crippen LogP contribution in [0.25, 0.3) is 0 Å². The first-order valence-corrected chi connectivity index (χ1v) is 7.60. The molecule has 0 saturated carbocycles. The van der Waals surface area contributed by atoms with Crippen molar-refractivity contribution in [3.8, 4) is 0 Å². The third kappa shape index (κ3) is 3.95. The molecule has 3 rings (SSSR count).